The summed E-state index contributed by atoms with van der Waals surface area (Å²) in [5.74, 6) is 0.167. The van der Waals surface area contributed by atoms with E-state index < -0.39 is 0 Å². The predicted octanol–water partition coefficient (Wildman–Crippen LogP) is 4.57. The Kier molecular flexibility index (Phi) is 4.36. The highest BCUT2D eigenvalue weighted by molar-refractivity contribution is 7.99. The smallest absolute Gasteiger partial charge is 0.273 e. The van der Waals surface area contributed by atoms with E-state index in [2.05, 4.69) is 0 Å². The third-order valence-corrected chi connectivity index (χ3v) is 5.66. The van der Waals surface area contributed by atoms with E-state index in [9.17, 15) is 9.90 Å². The van der Waals surface area contributed by atoms with Gasteiger partial charge < -0.3 is 5.11 Å². The molecule has 0 radical (unpaired) electrons. The largest absolute Gasteiger partial charge is 0.506 e. The van der Waals surface area contributed by atoms with Crippen molar-refractivity contribution in [1.82, 2.24) is 4.57 Å². The van der Waals surface area contributed by atoms with Crippen molar-refractivity contribution in [3.63, 3.8) is 0 Å². The van der Waals surface area contributed by atoms with Crippen molar-refractivity contribution in [3.05, 3.63) is 82.3 Å². The molecule has 1 heterocycles. The minimum absolute atomic E-state index is 0.141. The monoisotopic (exact) mass is 349 g/mol. The topological polar surface area (TPSA) is 42.2 Å². The molecule has 1 N–H and O–H groups in total. The van der Waals surface area contributed by atoms with E-state index in [-0.39, 0.29) is 11.3 Å². The Balaban J connectivity index is 1.95. The first-order valence-corrected chi connectivity index (χ1v) is 9.35. The maximum atomic E-state index is 13.2. The van der Waals surface area contributed by atoms with Crippen LogP contribution in [-0.4, -0.2) is 9.67 Å². The fourth-order valence-electron chi connectivity index (χ4n) is 3.40. The third kappa shape index (κ3) is 2.98. The number of benzene rings is 2. The van der Waals surface area contributed by atoms with Crippen LogP contribution in [0.5, 0.6) is 5.75 Å². The van der Waals surface area contributed by atoms with Crippen molar-refractivity contribution in [2.75, 3.05) is 0 Å². The van der Waals surface area contributed by atoms with E-state index in [0.717, 1.165) is 47.5 Å². The zero-order valence-corrected chi connectivity index (χ0v) is 14.6. The van der Waals surface area contributed by atoms with Gasteiger partial charge in [-0.15, -0.1) is 0 Å². The van der Waals surface area contributed by atoms with E-state index in [4.69, 9.17) is 0 Å². The second-order valence-corrected chi connectivity index (χ2v) is 7.29. The molecule has 0 spiro atoms. The number of nitrogens with zero attached hydrogens (tertiary/aromatic N) is 1. The van der Waals surface area contributed by atoms with E-state index in [1.54, 1.807) is 4.57 Å². The van der Waals surface area contributed by atoms with Gasteiger partial charge in [-0.25, -0.2) is 0 Å². The van der Waals surface area contributed by atoms with Gasteiger partial charge in [0.05, 0.1) is 0 Å². The number of para-hydroxylation sites is 1. The first-order chi connectivity index (χ1) is 12.3. The summed E-state index contributed by atoms with van der Waals surface area (Å²) in [6, 6.07) is 19.4. The molecule has 0 unspecified atom stereocenters. The van der Waals surface area contributed by atoms with Crippen LogP contribution in [0.15, 0.2) is 75.2 Å². The summed E-state index contributed by atoms with van der Waals surface area (Å²) in [4.78, 5) is 14.6. The number of rotatable bonds is 3. The Hall–Kier alpha value is -2.46. The molecule has 0 bridgehead atoms. The van der Waals surface area contributed by atoms with Crippen LogP contribution in [0.4, 0.5) is 0 Å². The van der Waals surface area contributed by atoms with Gasteiger partial charge >= 0.3 is 0 Å². The van der Waals surface area contributed by atoms with Crippen LogP contribution in [0.1, 0.15) is 24.1 Å². The average molecular weight is 349 g/mol. The lowest BCUT2D eigenvalue weighted by Gasteiger charge is -2.24. The molecule has 0 aliphatic heterocycles. The summed E-state index contributed by atoms with van der Waals surface area (Å²) < 4.78 is 1.79. The molecule has 1 aliphatic carbocycles. The molecule has 3 aromatic rings. The van der Waals surface area contributed by atoms with Crippen molar-refractivity contribution in [2.24, 2.45) is 0 Å². The van der Waals surface area contributed by atoms with Crippen LogP contribution in [0.25, 0.3) is 5.69 Å². The van der Waals surface area contributed by atoms with Crippen LogP contribution < -0.4 is 5.56 Å². The zero-order valence-electron chi connectivity index (χ0n) is 13.8. The lowest BCUT2D eigenvalue weighted by Crippen LogP contribution is -2.27. The van der Waals surface area contributed by atoms with Crippen LogP contribution in [0.3, 0.4) is 0 Å². The first-order valence-electron chi connectivity index (χ1n) is 8.54. The highest BCUT2D eigenvalue weighted by Crippen LogP contribution is 2.38. The number of hydrogen-bond donors (Lipinski definition) is 1. The highest BCUT2D eigenvalue weighted by atomic mass is 32.2. The molecular weight excluding hydrogens is 330 g/mol. The average Bonchev–Trinajstić information content (AvgIpc) is 2.67. The Morgan fingerprint density at radius 1 is 0.880 bits per heavy atom. The van der Waals surface area contributed by atoms with Gasteiger partial charge in [-0.2, -0.15) is 0 Å². The van der Waals surface area contributed by atoms with Crippen molar-refractivity contribution in [2.45, 2.75) is 35.5 Å². The number of aromatic hydroxyl groups is 1. The normalized spacial score (nSPS) is 13.4. The summed E-state index contributed by atoms with van der Waals surface area (Å²) in [5.41, 5.74) is 2.60. The molecule has 0 amide bonds. The zero-order chi connectivity index (χ0) is 17.2. The molecule has 1 aliphatic rings. The molecular formula is C21H19NO2S. The van der Waals surface area contributed by atoms with Crippen LogP contribution in [0, 0.1) is 0 Å². The minimum atomic E-state index is -0.141. The van der Waals surface area contributed by atoms with E-state index >= 15 is 0 Å². The van der Waals surface area contributed by atoms with Crippen LogP contribution >= 0.6 is 11.8 Å². The number of aromatic nitrogens is 1. The van der Waals surface area contributed by atoms with Gasteiger partial charge in [-0.05, 0) is 49.9 Å². The van der Waals surface area contributed by atoms with Gasteiger partial charge in [-0.3, -0.25) is 9.36 Å². The van der Waals surface area contributed by atoms with Gasteiger partial charge in [0.15, 0.2) is 0 Å². The Bertz CT molecular complexity index is 949. The Labute approximate surface area is 151 Å². The fraction of sp³-hybridized carbons (Fsp3) is 0.190. The molecule has 4 rings (SSSR count). The molecule has 0 atom stereocenters. The summed E-state index contributed by atoms with van der Waals surface area (Å²) in [5, 5.41) is 10.8. The van der Waals surface area contributed by atoms with Crippen molar-refractivity contribution < 1.29 is 5.11 Å². The van der Waals surface area contributed by atoms with Crippen molar-refractivity contribution in [3.8, 4) is 11.4 Å². The fourth-order valence-corrected chi connectivity index (χ4v) is 4.33. The van der Waals surface area contributed by atoms with Gasteiger partial charge in [0.1, 0.15) is 10.6 Å². The second-order valence-electron chi connectivity index (χ2n) is 6.20. The lowest BCUT2D eigenvalue weighted by molar-refractivity contribution is 0.441. The van der Waals surface area contributed by atoms with Crippen molar-refractivity contribution in [1.29, 1.82) is 0 Å². The predicted molar refractivity (Wildman–Crippen MR) is 101 cm³/mol. The first kappa shape index (κ1) is 16.0. The summed E-state index contributed by atoms with van der Waals surface area (Å²) in [6.07, 6.45) is 3.73. The number of pyridine rings is 1. The van der Waals surface area contributed by atoms with Crippen LogP contribution in [-0.2, 0) is 12.8 Å². The minimum Gasteiger partial charge on any atom is -0.506 e. The summed E-state index contributed by atoms with van der Waals surface area (Å²) >= 11 is 1.34. The Morgan fingerprint density at radius 2 is 1.52 bits per heavy atom. The van der Waals surface area contributed by atoms with Gasteiger partial charge in [0, 0.05) is 21.8 Å². The van der Waals surface area contributed by atoms with Gasteiger partial charge in [-0.1, -0.05) is 48.2 Å². The molecule has 25 heavy (non-hydrogen) atoms. The van der Waals surface area contributed by atoms with E-state index in [1.807, 2.05) is 60.7 Å². The Morgan fingerprint density at radius 3 is 2.24 bits per heavy atom. The molecule has 2 aromatic carbocycles. The summed E-state index contributed by atoms with van der Waals surface area (Å²) in [6.45, 7) is 0. The van der Waals surface area contributed by atoms with Crippen molar-refractivity contribution >= 4 is 11.8 Å². The highest BCUT2D eigenvalue weighted by Gasteiger charge is 2.24. The number of hydrogen-bond acceptors (Lipinski definition) is 3. The quantitative estimate of drug-likeness (QED) is 0.753. The van der Waals surface area contributed by atoms with E-state index in [1.165, 1.54) is 11.8 Å². The molecule has 0 saturated carbocycles. The maximum Gasteiger partial charge on any atom is 0.273 e. The second kappa shape index (κ2) is 6.81. The standard InChI is InChI=1S/C21H19NO2S/c23-19-17-13-7-8-14-18(17)22(15-9-3-1-4-10-15)21(24)20(19)25-16-11-5-2-6-12-16/h1-6,9-12,23H,7-8,13-14H2. The molecule has 1 aromatic heterocycles. The molecule has 3 nitrogen and oxygen atoms in total. The number of fused-ring (bicyclic) bond motifs is 1. The maximum absolute atomic E-state index is 13.2. The van der Waals surface area contributed by atoms with Crippen LogP contribution in [0.2, 0.25) is 0 Å². The molecule has 126 valence electrons. The summed E-state index contributed by atoms with van der Waals surface area (Å²) in [7, 11) is 0. The third-order valence-electron chi connectivity index (χ3n) is 4.58. The molecule has 0 saturated heterocycles. The SMILES string of the molecule is O=c1c(Sc2ccccc2)c(O)c2c(n1-c1ccccc1)CCCC2. The molecule has 4 heteroatoms. The van der Waals surface area contributed by atoms with E-state index in [0.29, 0.717) is 4.90 Å². The van der Waals surface area contributed by atoms with Gasteiger partial charge in [0.2, 0.25) is 0 Å². The van der Waals surface area contributed by atoms with Gasteiger partial charge in [0.25, 0.3) is 5.56 Å². The molecule has 0 fully saturated rings. The lowest BCUT2D eigenvalue weighted by atomic mass is 9.94.